The number of nitrogens with two attached hydrogens (primary N) is 1. The maximum Gasteiger partial charge on any atom is 0.121 e. The Bertz CT molecular complexity index is 809. The summed E-state index contributed by atoms with van der Waals surface area (Å²) in [5, 5.41) is 8.40. The molecule has 0 atom stereocenters. The highest BCUT2D eigenvalue weighted by molar-refractivity contribution is 5.69. The number of benzene rings is 2. The summed E-state index contributed by atoms with van der Waals surface area (Å²) in [7, 11) is 1.64. The number of rotatable bonds is 5. The molecule has 0 radical (unpaired) electrons. The molecule has 1 aromatic heterocycles. The van der Waals surface area contributed by atoms with E-state index >= 15 is 0 Å². The van der Waals surface area contributed by atoms with Crippen LogP contribution in [0.1, 0.15) is 17.0 Å². The Morgan fingerprint density at radius 3 is 2.65 bits per heavy atom. The minimum absolute atomic E-state index is 0.332. The van der Waals surface area contributed by atoms with Crippen LogP contribution in [0.5, 0.6) is 5.75 Å². The van der Waals surface area contributed by atoms with Crippen molar-refractivity contribution in [3.8, 4) is 11.4 Å². The fourth-order valence-corrected chi connectivity index (χ4v) is 2.30. The van der Waals surface area contributed by atoms with Crippen LogP contribution in [0.25, 0.3) is 17.8 Å². The van der Waals surface area contributed by atoms with E-state index in [2.05, 4.69) is 10.3 Å². The van der Waals surface area contributed by atoms with Gasteiger partial charge in [0.05, 0.1) is 18.5 Å². The van der Waals surface area contributed by atoms with Crippen LogP contribution in [0.15, 0.2) is 54.6 Å². The van der Waals surface area contributed by atoms with E-state index in [0.717, 1.165) is 28.4 Å². The molecule has 3 rings (SSSR count). The van der Waals surface area contributed by atoms with Gasteiger partial charge in [-0.3, -0.25) is 0 Å². The highest BCUT2D eigenvalue weighted by Gasteiger charge is 2.11. The van der Waals surface area contributed by atoms with Gasteiger partial charge in [-0.2, -0.15) is 0 Å². The van der Waals surface area contributed by atoms with Crippen molar-refractivity contribution in [2.24, 2.45) is 5.73 Å². The normalized spacial score (nSPS) is 11.0. The van der Waals surface area contributed by atoms with E-state index in [1.165, 1.54) is 0 Å². The predicted molar refractivity (Wildman–Crippen MR) is 91.2 cm³/mol. The zero-order valence-electron chi connectivity index (χ0n) is 12.9. The first-order chi connectivity index (χ1) is 11.3. The summed E-state index contributed by atoms with van der Waals surface area (Å²) in [4.78, 5) is 0. The minimum atomic E-state index is 0.332. The molecule has 3 aromatic rings. The zero-order chi connectivity index (χ0) is 16.1. The van der Waals surface area contributed by atoms with Crippen molar-refractivity contribution in [3.63, 3.8) is 0 Å². The molecule has 0 fully saturated rings. The third-order valence-corrected chi connectivity index (χ3v) is 3.50. The van der Waals surface area contributed by atoms with Gasteiger partial charge in [-0.15, -0.1) is 5.10 Å². The second kappa shape index (κ2) is 6.89. The van der Waals surface area contributed by atoms with Gasteiger partial charge in [0, 0.05) is 12.6 Å². The van der Waals surface area contributed by atoms with Crippen LogP contribution in [0.4, 0.5) is 0 Å². The fraction of sp³-hybridized carbons (Fsp3) is 0.111. The van der Waals surface area contributed by atoms with Crippen molar-refractivity contribution in [2.75, 3.05) is 7.11 Å². The number of hydrogen-bond donors (Lipinski definition) is 1. The molecule has 5 heteroatoms. The Morgan fingerprint density at radius 2 is 1.91 bits per heavy atom. The lowest BCUT2D eigenvalue weighted by Crippen LogP contribution is -2.02. The maximum atomic E-state index is 5.79. The van der Waals surface area contributed by atoms with Gasteiger partial charge in [-0.25, -0.2) is 4.68 Å². The summed E-state index contributed by atoms with van der Waals surface area (Å²) < 4.78 is 7.04. The molecular formula is C18H18N4O. The molecule has 0 aliphatic rings. The molecule has 0 spiro atoms. The van der Waals surface area contributed by atoms with Gasteiger partial charge in [-0.1, -0.05) is 47.7 Å². The van der Waals surface area contributed by atoms with Gasteiger partial charge in [0.15, 0.2) is 0 Å². The SMILES string of the molecule is COc1cccc(-n2nnc(CN)c2/C=C/c2ccccc2)c1. The van der Waals surface area contributed by atoms with Crippen LogP contribution in [0, 0.1) is 0 Å². The second-order valence-corrected chi connectivity index (χ2v) is 4.98. The first kappa shape index (κ1) is 15.0. The molecule has 2 aromatic carbocycles. The van der Waals surface area contributed by atoms with Crippen molar-refractivity contribution < 1.29 is 4.74 Å². The standard InChI is InChI=1S/C18H18N4O/c1-23-16-9-5-8-15(12-16)22-18(17(13-19)20-21-22)11-10-14-6-3-2-4-7-14/h2-12H,13,19H2,1H3/b11-10+. The first-order valence-electron chi connectivity index (χ1n) is 7.34. The lowest BCUT2D eigenvalue weighted by molar-refractivity contribution is 0.414. The fourth-order valence-electron chi connectivity index (χ4n) is 2.30. The van der Waals surface area contributed by atoms with Crippen LogP contribution in [0.3, 0.4) is 0 Å². The van der Waals surface area contributed by atoms with Crippen molar-refractivity contribution in [3.05, 3.63) is 71.5 Å². The highest BCUT2D eigenvalue weighted by atomic mass is 16.5. The van der Waals surface area contributed by atoms with E-state index in [0.29, 0.717) is 6.54 Å². The maximum absolute atomic E-state index is 5.79. The number of nitrogens with zero attached hydrogens (tertiary/aromatic N) is 3. The summed E-state index contributed by atoms with van der Waals surface area (Å²) in [6.45, 7) is 0.332. The first-order valence-corrected chi connectivity index (χ1v) is 7.34. The number of aromatic nitrogens is 3. The average molecular weight is 306 g/mol. The third kappa shape index (κ3) is 3.30. The molecule has 0 bridgehead atoms. The lowest BCUT2D eigenvalue weighted by Gasteiger charge is -2.06. The Kier molecular flexibility index (Phi) is 4.49. The van der Waals surface area contributed by atoms with Crippen molar-refractivity contribution >= 4 is 12.2 Å². The van der Waals surface area contributed by atoms with Gasteiger partial charge >= 0.3 is 0 Å². The second-order valence-electron chi connectivity index (χ2n) is 4.98. The summed E-state index contributed by atoms with van der Waals surface area (Å²) in [5.41, 5.74) is 9.39. The predicted octanol–water partition coefficient (Wildman–Crippen LogP) is 2.91. The minimum Gasteiger partial charge on any atom is -0.497 e. The molecule has 0 saturated carbocycles. The van der Waals surface area contributed by atoms with E-state index in [1.807, 2.05) is 66.7 Å². The molecule has 0 aliphatic heterocycles. The van der Waals surface area contributed by atoms with Crippen LogP contribution in [0.2, 0.25) is 0 Å². The molecule has 0 saturated heterocycles. The molecule has 0 unspecified atom stereocenters. The monoisotopic (exact) mass is 306 g/mol. The zero-order valence-corrected chi connectivity index (χ0v) is 12.9. The van der Waals surface area contributed by atoms with E-state index in [-0.39, 0.29) is 0 Å². The van der Waals surface area contributed by atoms with E-state index in [4.69, 9.17) is 10.5 Å². The Morgan fingerprint density at radius 1 is 1.09 bits per heavy atom. The molecule has 0 amide bonds. The molecule has 5 nitrogen and oxygen atoms in total. The Hall–Kier alpha value is -2.92. The average Bonchev–Trinajstić information content (AvgIpc) is 3.04. The van der Waals surface area contributed by atoms with Crippen LogP contribution < -0.4 is 10.5 Å². The molecule has 1 heterocycles. The lowest BCUT2D eigenvalue weighted by atomic mass is 10.2. The summed E-state index contributed by atoms with van der Waals surface area (Å²) in [6, 6.07) is 17.8. The number of hydrogen-bond acceptors (Lipinski definition) is 4. The van der Waals surface area contributed by atoms with Crippen molar-refractivity contribution in [2.45, 2.75) is 6.54 Å². The molecule has 0 aliphatic carbocycles. The van der Waals surface area contributed by atoms with Gasteiger partial charge < -0.3 is 10.5 Å². The van der Waals surface area contributed by atoms with Gasteiger partial charge in [0.2, 0.25) is 0 Å². The third-order valence-electron chi connectivity index (χ3n) is 3.50. The van der Waals surface area contributed by atoms with E-state index in [9.17, 15) is 0 Å². The van der Waals surface area contributed by atoms with Crippen LogP contribution in [-0.2, 0) is 6.54 Å². The van der Waals surface area contributed by atoms with E-state index < -0.39 is 0 Å². The molecule has 116 valence electrons. The quantitative estimate of drug-likeness (QED) is 0.787. The molecule has 2 N–H and O–H groups in total. The topological polar surface area (TPSA) is 66.0 Å². The Balaban J connectivity index is 2.02. The van der Waals surface area contributed by atoms with Crippen molar-refractivity contribution in [1.82, 2.24) is 15.0 Å². The largest absolute Gasteiger partial charge is 0.497 e. The van der Waals surface area contributed by atoms with Crippen LogP contribution >= 0.6 is 0 Å². The molecule has 23 heavy (non-hydrogen) atoms. The van der Waals surface area contributed by atoms with E-state index in [1.54, 1.807) is 11.8 Å². The Labute approximate surface area is 135 Å². The smallest absolute Gasteiger partial charge is 0.121 e. The summed E-state index contributed by atoms with van der Waals surface area (Å²) in [6.07, 6.45) is 4.01. The van der Waals surface area contributed by atoms with Gasteiger partial charge in [-0.05, 0) is 23.8 Å². The highest BCUT2D eigenvalue weighted by Crippen LogP contribution is 2.20. The number of ether oxygens (including phenoxy) is 1. The number of methoxy groups -OCH3 is 1. The summed E-state index contributed by atoms with van der Waals surface area (Å²) >= 11 is 0. The summed E-state index contributed by atoms with van der Waals surface area (Å²) in [5.74, 6) is 0.769. The van der Waals surface area contributed by atoms with Crippen LogP contribution in [-0.4, -0.2) is 22.1 Å². The van der Waals surface area contributed by atoms with Crippen molar-refractivity contribution in [1.29, 1.82) is 0 Å². The van der Waals surface area contributed by atoms with Gasteiger partial charge in [0.25, 0.3) is 0 Å². The molecular weight excluding hydrogens is 288 g/mol. The van der Waals surface area contributed by atoms with Gasteiger partial charge in [0.1, 0.15) is 11.4 Å².